The molecule has 4 rings (SSSR count). The number of rotatable bonds is 5. The maximum absolute atomic E-state index is 13.0. The molecule has 0 unspecified atom stereocenters. The number of benzene rings is 3. The molecule has 33 heavy (non-hydrogen) atoms. The van der Waals surface area contributed by atoms with E-state index >= 15 is 0 Å². The second-order valence-corrected chi connectivity index (χ2v) is 11.4. The van der Waals surface area contributed by atoms with Gasteiger partial charge in [-0.3, -0.25) is 9.69 Å². The zero-order valence-electron chi connectivity index (χ0n) is 17.1. The van der Waals surface area contributed by atoms with Gasteiger partial charge in [0.05, 0.1) is 19.5 Å². The molecule has 168 valence electrons. The first kappa shape index (κ1) is 24.8. The van der Waals surface area contributed by atoms with Crippen molar-refractivity contribution in [2.45, 2.75) is 13.5 Å². The van der Waals surface area contributed by atoms with Gasteiger partial charge >= 0.3 is 0 Å². The van der Waals surface area contributed by atoms with Crippen molar-refractivity contribution in [2.75, 3.05) is 4.90 Å². The molecule has 0 aliphatic carbocycles. The van der Waals surface area contributed by atoms with Crippen LogP contribution in [0.4, 0.5) is 5.69 Å². The number of amides is 1. The van der Waals surface area contributed by atoms with E-state index in [1.165, 1.54) is 11.8 Å². The number of thiocarbonyl (C=S) groups is 1. The smallest absolute Gasteiger partial charge is 0.270 e. The van der Waals surface area contributed by atoms with E-state index < -0.39 is 0 Å². The maximum atomic E-state index is 13.0. The molecule has 0 radical (unpaired) electrons. The van der Waals surface area contributed by atoms with E-state index in [0.29, 0.717) is 25.0 Å². The molecule has 0 aromatic heterocycles. The van der Waals surface area contributed by atoms with Crippen LogP contribution in [0.3, 0.4) is 0 Å². The number of carbonyl (C=O) groups excluding carboxylic acids is 1. The first-order chi connectivity index (χ1) is 15.7. The summed E-state index contributed by atoms with van der Waals surface area (Å²) in [7, 11) is 0. The Morgan fingerprint density at radius 3 is 2.36 bits per heavy atom. The standard InChI is InChI=1S/C24H15Br2Cl2NO2S2/c1-13-2-6-17(7-3-13)29-23(30)21(33-24(29)32)10-14-8-18(25)22(19(26)9-14)31-12-15-4-5-16(27)11-20(15)28/h2-11H,12H2,1H3/b21-10-. The van der Waals surface area contributed by atoms with Crippen molar-refractivity contribution >= 4 is 101 Å². The van der Waals surface area contributed by atoms with Crippen LogP contribution in [-0.2, 0) is 11.4 Å². The Hall–Kier alpha value is -1.35. The highest BCUT2D eigenvalue weighted by molar-refractivity contribution is 9.11. The highest BCUT2D eigenvalue weighted by Gasteiger charge is 2.33. The number of nitrogens with zero attached hydrogens (tertiary/aromatic N) is 1. The van der Waals surface area contributed by atoms with Crippen molar-refractivity contribution in [1.82, 2.24) is 0 Å². The van der Waals surface area contributed by atoms with Gasteiger partial charge in [0.25, 0.3) is 5.91 Å². The van der Waals surface area contributed by atoms with E-state index in [-0.39, 0.29) is 12.5 Å². The summed E-state index contributed by atoms with van der Waals surface area (Å²) in [4.78, 5) is 15.2. The molecule has 1 amide bonds. The Bertz CT molecular complexity index is 1270. The number of halogens is 4. The second-order valence-electron chi connectivity index (χ2n) is 7.19. The lowest BCUT2D eigenvalue weighted by molar-refractivity contribution is -0.113. The fourth-order valence-electron chi connectivity index (χ4n) is 3.12. The summed E-state index contributed by atoms with van der Waals surface area (Å²) in [5, 5.41) is 1.12. The van der Waals surface area contributed by atoms with Crippen LogP contribution in [0.15, 0.2) is 68.4 Å². The van der Waals surface area contributed by atoms with Crippen molar-refractivity contribution in [1.29, 1.82) is 0 Å². The van der Waals surface area contributed by atoms with Crippen molar-refractivity contribution in [2.24, 2.45) is 0 Å². The lowest BCUT2D eigenvalue weighted by Gasteiger charge is -2.14. The van der Waals surface area contributed by atoms with Crippen molar-refractivity contribution < 1.29 is 9.53 Å². The summed E-state index contributed by atoms with van der Waals surface area (Å²) in [6.45, 7) is 2.28. The fraction of sp³-hybridized carbons (Fsp3) is 0.0833. The third-order valence-electron chi connectivity index (χ3n) is 4.79. The third kappa shape index (κ3) is 5.66. The minimum atomic E-state index is -0.140. The first-order valence-electron chi connectivity index (χ1n) is 9.63. The molecule has 3 aromatic carbocycles. The zero-order chi connectivity index (χ0) is 23.7. The summed E-state index contributed by atoms with van der Waals surface area (Å²) >= 11 is 26.1. The van der Waals surface area contributed by atoms with Gasteiger partial charge in [-0.2, -0.15) is 0 Å². The molecular formula is C24H15Br2Cl2NO2S2. The molecule has 3 aromatic rings. The predicted octanol–water partition coefficient (Wildman–Crippen LogP) is 8.81. The van der Waals surface area contributed by atoms with Gasteiger partial charge in [0.2, 0.25) is 0 Å². The summed E-state index contributed by atoms with van der Waals surface area (Å²) in [5.41, 5.74) is 3.53. The molecule has 1 saturated heterocycles. The van der Waals surface area contributed by atoms with Gasteiger partial charge in [-0.25, -0.2) is 0 Å². The normalized spacial score (nSPS) is 14.9. The summed E-state index contributed by atoms with van der Waals surface area (Å²) in [6, 6.07) is 16.8. The monoisotopic (exact) mass is 641 g/mol. The highest BCUT2D eigenvalue weighted by atomic mass is 79.9. The molecule has 1 heterocycles. The number of carbonyl (C=O) groups is 1. The topological polar surface area (TPSA) is 29.5 Å². The fourth-order valence-corrected chi connectivity index (χ4v) is 6.34. The molecule has 1 aliphatic rings. The van der Waals surface area contributed by atoms with Gasteiger partial charge in [0.1, 0.15) is 12.4 Å². The van der Waals surface area contributed by atoms with Crippen LogP contribution < -0.4 is 9.64 Å². The van der Waals surface area contributed by atoms with E-state index in [1.807, 2.05) is 55.5 Å². The number of aryl methyl sites for hydroxylation is 1. The van der Waals surface area contributed by atoms with E-state index in [9.17, 15) is 4.79 Å². The van der Waals surface area contributed by atoms with E-state index in [1.54, 1.807) is 17.0 Å². The molecule has 0 saturated carbocycles. The lowest BCUT2D eigenvalue weighted by Crippen LogP contribution is -2.27. The van der Waals surface area contributed by atoms with Crippen LogP contribution in [0.25, 0.3) is 6.08 Å². The molecule has 0 atom stereocenters. The SMILES string of the molecule is Cc1ccc(N2C(=O)/C(=C/c3cc(Br)c(OCc4ccc(Cl)cc4Cl)c(Br)c3)SC2=S)cc1. The molecule has 1 fully saturated rings. The second kappa shape index (κ2) is 10.5. The number of hydrogen-bond donors (Lipinski definition) is 0. The van der Waals surface area contributed by atoms with Crippen LogP contribution in [0, 0.1) is 6.92 Å². The van der Waals surface area contributed by atoms with Gasteiger partial charge in [0.15, 0.2) is 4.32 Å². The average molecular weight is 644 g/mol. The maximum Gasteiger partial charge on any atom is 0.270 e. The quantitative estimate of drug-likeness (QED) is 0.205. The minimum absolute atomic E-state index is 0.140. The van der Waals surface area contributed by atoms with Crippen LogP contribution in [0.5, 0.6) is 5.75 Å². The third-order valence-corrected chi connectivity index (χ3v) is 7.86. The number of thioether (sulfide) groups is 1. The molecule has 3 nitrogen and oxygen atoms in total. The number of anilines is 1. The van der Waals surface area contributed by atoms with Crippen molar-refractivity contribution in [3.05, 3.63) is 95.2 Å². The molecule has 0 N–H and O–H groups in total. The Kier molecular flexibility index (Phi) is 7.88. The predicted molar refractivity (Wildman–Crippen MR) is 149 cm³/mol. The van der Waals surface area contributed by atoms with Crippen LogP contribution >= 0.6 is 79.0 Å². The van der Waals surface area contributed by atoms with E-state index in [2.05, 4.69) is 31.9 Å². The number of hydrogen-bond acceptors (Lipinski definition) is 4. The molecular weight excluding hydrogens is 629 g/mol. The molecule has 9 heteroatoms. The summed E-state index contributed by atoms with van der Waals surface area (Å²) in [5.74, 6) is 0.490. The molecule has 0 spiro atoms. The van der Waals surface area contributed by atoms with Gasteiger partial charge in [-0.05, 0) is 86.8 Å². The van der Waals surface area contributed by atoms with Crippen molar-refractivity contribution in [3.8, 4) is 5.75 Å². The largest absolute Gasteiger partial charge is 0.486 e. The molecule has 0 bridgehead atoms. The van der Waals surface area contributed by atoms with Gasteiger partial charge < -0.3 is 4.74 Å². The zero-order valence-corrected chi connectivity index (χ0v) is 23.4. The Morgan fingerprint density at radius 2 is 1.73 bits per heavy atom. The molecule has 1 aliphatic heterocycles. The van der Waals surface area contributed by atoms with Gasteiger partial charge in [-0.15, -0.1) is 0 Å². The van der Waals surface area contributed by atoms with E-state index in [0.717, 1.165) is 31.3 Å². The first-order valence-corrected chi connectivity index (χ1v) is 13.2. The van der Waals surface area contributed by atoms with Gasteiger partial charge in [-0.1, -0.05) is 70.9 Å². The van der Waals surface area contributed by atoms with Crippen LogP contribution in [0.2, 0.25) is 10.0 Å². The van der Waals surface area contributed by atoms with Crippen LogP contribution in [-0.4, -0.2) is 10.2 Å². The van der Waals surface area contributed by atoms with Crippen molar-refractivity contribution in [3.63, 3.8) is 0 Å². The Balaban J connectivity index is 1.54. The summed E-state index contributed by atoms with van der Waals surface area (Å²) in [6.07, 6.45) is 1.82. The Labute approximate surface area is 228 Å². The van der Waals surface area contributed by atoms with E-state index in [4.69, 9.17) is 40.2 Å². The van der Waals surface area contributed by atoms with Crippen LogP contribution in [0.1, 0.15) is 16.7 Å². The summed E-state index contributed by atoms with van der Waals surface area (Å²) < 4.78 is 7.96. The lowest BCUT2D eigenvalue weighted by atomic mass is 10.2. The Morgan fingerprint density at radius 1 is 1.06 bits per heavy atom. The number of ether oxygens (including phenoxy) is 1. The minimum Gasteiger partial charge on any atom is -0.486 e. The van der Waals surface area contributed by atoms with Gasteiger partial charge in [0, 0.05) is 15.6 Å². The average Bonchev–Trinajstić information content (AvgIpc) is 3.02. The highest BCUT2D eigenvalue weighted by Crippen LogP contribution is 2.39.